The minimum atomic E-state index is -2.21. The van der Waals surface area contributed by atoms with E-state index in [2.05, 4.69) is 39.8 Å². The summed E-state index contributed by atoms with van der Waals surface area (Å²) >= 11 is 11.1. The molecule has 17 heteroatoms. The zero-order chi connectivity index (χ0) is 32.3. The van der Waals surface area contributed by atoms with E-state index in [4.69, 9.17) is 20.5 Å². The molecule has 0 aromatic carbocycles. The number of aliphatic imine (C=N–C) groups is 1. The molecule has 0 aliphatic carbocycles. The number of nitrogens with zero attached hydrogens (tertiary/aromatic N) is 4. The summed E-state index contributed by atoms with van der Waals surface area (Å²) in [6, 6.07) is -1.07. The Bertz CT molecular complexity index is 1280. The molecule has 0 bridgehead atoms. The predicted octanol–water partition coefficient (Wildman–Crippen LogP) is 5.83. The van der Waals surface area contributed by atoms with Gasteiger partial charge in [0.2, 0.25) is 16.6 Å². The molecule has 1 fully saturated rings. The van der Waals surface area contributed by atoms with Gasteiger partial charge >= 0.3 is 11.9 Å². The molecule has 0 radical (unpaired) electrons. The number of nitrogens with one attached hydrogen (secondary N) is 1. The summed E-state index contributed by atoms with van der Waals surface area (Å²) in [7, 11) is -5.98. The van der Waals surface area contributed by atoms with Crippen LogP contribution in [0.25, 0.3) is 0 Å². The van der Waals surface area contributed by atoms with E-state index < -0.39 is 42.9 Å². The minimum absolute atomic E-state index is 0.210. The molecule has 2 aliphatic rings. The maximum absolute atomic E-state index is 13.4. The van der Waals surface area contributed by atoms with Crippen molar-refractivity contribution in [3.8, 4) is 0 Å². The number of β-lactam (4-membered cyclic amide) rings is 1. The monoisotopic (exact) mass is 721 g/mol. The Kier molecular flexibility index (Phi) is 12.4. The molecule has 0 spiro atoms. The number of fused-ring (bicyclic) bond motifs is 1. The molecule has 1 amide bonds. The van der Waals surface area contributed by atoms with Gasteiger partial charge < -0.3 is 13.8 Å². The molecule has 3 rings (SSSR count). The van der Waals surface area contributed by atoms with Gasteiger partial charge in [0.1, 0.15) is 29.5 Å². The van der Waals surface area contributed by atoms with Gasteiger partial charge in [0.15, 0.2) is 10.4 Å². The zero-order valence-corrected chi connectivity index (χ0v) is 32.9. The Hall–Kier alpha value is -1.02. The number of carbonyl (C=O) groups is 3. The SMILES string of the molecule is Cc1nnc(SCC2=C(C(=O)O[Si](C)(C)C)N3C(=O)C(N=C(Cl)CCCC(N[Si](C)(C)C)C(=O)O[Si](C)(C)C)C3SC2)s1. The smallest absolute Gasteiger partial charge is 0.341 e. The number of thioether (sulfide) groups is 2. The second kappa shape index (κ2) is 14.6. The quantitative estimate of drug-likeness (QED) is 0.109. The van der Waals surface area contributed by atoms with Gasteiger partial charge in [0, 0.05) is 17.9 Å². The van der Waals surface area contributed by atoms with Crippen LogP contribution in [0.5, 0.6) is 0 Å². The second-order valence-corrected chi connectivity index (χ2v) is 31.2. The van der Waals surface area contributed by atoms with Gasteiger partial charge in [-0.05, 0) is 64.6 Å². The van der Waals surface area contributed by atoms with Crippen molar-refractivity contribution < 1.29 is 23.2 Å². The van der Waals surface area contributed by atoms with Gasteiger partial charge in [-0.25, -0.2) is 4.79 Å². The van der Waals surface area contributed by atoms with Crippen LogP contribution in [0.1, 0.15) is 24.3 Å². The van der Waals surface area contributed by atoms with E-state index >= 15 is 0 Å². The van der Waals surface area contributed by atoms with E-state index in [1.807, 2.05) is 46.2 Å². The fourth-order valence-electron chi connectivity index (χ4n) is 4.37. The summed E-state index contributed by atoms with van der Waals surface area (Å²) in [5.74, 6) is 0.154. The highest BCUT2D eigenvalue weighted by Gasteiger charge is 2.54. The van der Waals surface area contributed by atoms with Crippen LogP contribution in [0, 0.1) is 6.92 Å². The number of carbonyl (C=O) groups excluding carboxylic acids is 3. The Morgan fingerprint density at radius 1 is 1.12 bits per heavy atom. The summed E-state index contributed by atoms with van der Waals surface area (Å²) in [6.45, 7) is 20.2. The topological polar surface area (TPSA) is 123 Å². The summed E-state index contributed by atoms with van der Waals surface area (Å²) < 4.78 is 12.4. The highest BCUT2D eigenvalue weighted by Crippen LogP contribution is 2.43. The molecule has 0 saturated carbocycles. The van der Waals surface area contributed by atoms with Crippen LogP contribution in [-0.2, 0) is 23.2 Å². The average molecular weight is 723 g/mol. The van der Waals surface area contributed by atoms with Crippen molar-refractivity contribution >= 4 is 94.3 Å². The highest BCUT2D eigenvalue weighted by atomic mass is 35.5. The van der Waals surface area contributed by atoms with E-state index in [1.165, 1.54) is 28.0 Å². The van der Waals surface area contributed by atoms with E-state index in [0.717, 1.165) is 14.9 Å². The predicted molar refractivity (Wildman–Crippen MR) is 186 cm³/mol. The second-order valence-electron chi connectivity index (χ2n) is 13.6. The maximum atomic E-state index is 13.4. The Morgan fingerprint density at radius 2 is 1.77 bits per heavy atom. The Morgan fingerprint density at radius 3 is 2.33 bits per heavy atom. The number of aryl methyl sites for hydroxylation is 1. The largest absolute Gasteiger partial charge is 0.519 e. The molecule has 3 atom stereocenters. The van der Waals surface area contributed by atoms with Crippen LogP contribution in [0.4, 0.5) is 0 Å². The van der Waals surface area contributed by atoms with Crippen molar-refractivity contribution in [3.63, 3.8) is 0 Å². The third-order valence-corrected chi connectivity index (χ3v) is 12.4. The third kappa shape index (κ3) is 11.1. The van der Waals surface area contributed by atoms with Crippen molar-refractivity contribution in [1.29, 1.82) is 0 Å². The molecule has 1 aromatic rings. The first-order valence-electron chi connectivity index (χ1n) is 14.3. The molecular weight excluding hydrogens is 678 g/mol. The molecule has 1 N–H and O–H groups in total. The van der Waals surface area contributed by atoms with Crippen LogP contribution in [-0.4, -0.2) is 91.9 Å². The number of aromatic nitrogens is 2. The minimum Gasteiger partial charge on any atom is -0.519 e. The molecule has 43 heavy (non-hydrogen) atoms. The lowest BCUT2D eigenvalue weighted by molar-refractivity contribution is -0.147. The normalized spacial score (nSPS) is 20.5. The molecular formula is C26H44ClN5O5S3Si3. The number of halogens is 1. The Balaban J connectivity index is 1.70. The summed E-state index contributed by atoms with van der Waals surface area (Å²) in [4.78, 5) is 49.3. The molecule has 3 heterocycles. The first-order chi connectivity index (χ1) is 19.7. The molecule has 240 valence electrons. The van der Waals surface area contributed by atoms with E-state index in [0.29, 0.717) is 41.6 Å². The summed E-state index contributed by atoms with van der Waals surface area (Å²) in [6.07, 6.45) is 1.62. The van der Waals surface area contributed by atoms with Crippen LogP contribution < -0.4 is 4.98 Å². The van der Waals surface area contributed by atoms with Crippen LogP contribution in [0.15, 0.2) is 20.6 Å². The standard InChI is InChI=1S/C26H44ClN5O5S3Si3/c1-16-29-30-26(40-16)39-15-17-14-38-23-20(22(33)32(23)21(17)25(35)37-43(8,9)10)28-19(27)13-11-12-18(31-41(2,3)4)24(34)36-42(5,6)7/h18,20,23,31H,11-15H2,1-10H3. The number of amides is 1. The lowest BCUT2D eigenvalue weighted by atomic mass is 10.0. The van der Waals surface area contributed by atoms with Crippen molar-refractivity contribution in [2.75, 3.05) is 11.5 Å². The van der Waals surface area contributed by atoms with Crippen LogP contribution in [0.3, 0.4) is 0 Å². The fraction of sp³-hybridized carbons (Fsp3) is 0.692. The van der Waals surface area contributed by atoms with Gasteiger partial charge in [0.25, 0.3) is 5.91 Å². The number of hydrogen-bond donors (Lipinski definition) is 1. The van der Waals surface area contributed by atoms with Gasteiger partial charge in [-0.1, -0.05) is 54.3 Å². The van der Waals surface area contributed by atoms with Gasteiger partial charge in [0.05, 0.1) is 6.04 Å². The van der Waals surface area contributed by atoms with Crippen molar-refractivity contribution in [2.45, 2.75) is 107 Å². The fourth-order valence-corrected chi connectivity index (χ4v) is 10.6. The van der Waals surface area contributed by atoms with Gasteiger partial charge in [-0.3, -0.25) is 19.5 Å². The summed E-state index contributed by atoms with van der Waals surface area (Å²) in [5, 5.41) is 9.12. The van der Waals surface area contributed by atoms with Crippen LogP contribution >= 0.6 is 46.5 Å². The van der Waals surface area contributed by atoms with Gasteiger partial charge in [-0.2, -0.15) is 0 Å². The van der Waals surface area contributed by atoms with Crippen molar-refractivity contribution in [1.82, 2.24) is 20.1 Å². The number of hydrogen-bond acceptors (Lipinski definition) is 12. The van der Waals surface area contributed by atoms with E-state index in [1.54, 1.807) is 11.8 Å². The maximum Gasteiger partial charge on any atom is 0.341 e. The summed E-state index contributed by atoms with van der Waals surface area (Å²) in [5.41, 5.74) is 1.17. The molecule has 2 aliphatic heterocycles. The molecule has 10 nitrogen and oxygen atoms in total. The van der Waals surface area contributed by atoms with Crippen molar-refractivity contribution in [3.05, 3.63) is 16.3 Å². The lowest BCUT2D eigenvalue weighted by Gasteiger charge is -2.48. The van der Waals surface area contributed by atoms with E-state index in [9.17, 15) is 14.4 Å². The van der Waals surface area contributed by atoms with E-state index in [-0.39, 0.29) is 17.3 Å². The number of rotatable bonds is 14. The highest BCUT2D eigenvalue weighted by molar-refractivity contribution is 8.01. The van der Waals surface area contributed by atoms with Crippen molar-refractivity contribution in [2.24, 2.45) is 4.99 Å². The van der Waals surface area contributed by atoms with Crippen LogP contribution in [0.2, 0.25) is 58.9 Å². The first-order valence-corrected chi connectivity index (χ1v) is 27.8. The molecule has 1 saturated heterocycles. The molecule has 1 aromatic heterocycles. The zero-order valence-electron chi connectivity index (χ0n) is 26.7. The first kappa shape index (κ1) is 36.4. The van der Waals surface area contributed by atoms with Gasteiger partial charge in [-0.15, -0.1) is 22.0 Å². The lowest BCUT2D eigenvalue weighted by Crippen LogP contribution is -2.64. The Labute approximate surface area is 275 Å². The third-order valence-electron chi connectivity index (χ3n) is 5.94. The molecule has 3 unspecified atom stereocenters. The average Bonchev–Trinajstić information content (AvgIpc) is 3.26.